The van der Waals surface area contributed by atoms with Crippen LogP contribution in [-0.4, -0.2) is 42.4 Å². The summed E-state index contributed by atoms with van der Waals surface area (Å²) in [5, 5.41) is 13.2. The number of rotatable bonds is 9. The van der Waals surface area contributed by atoms with Crippen molar-refractivity contribution >= 4 is 11.8 Å². The highest BCUT2D eigenvalue weighted by Gasteiger charge is 2.09. The van der Waals surface area contributed by atoms with Gasteiger partial charge < -0.3 is 15.2 Å². The number of para-hydroxylation sites is 1. The zero-order valence-corrected chi connectivity index (χ0v) is 12.0. The molecule has 0 saturated heterocycles. The van der Waals surface area contributed by atoms with E-state index >= 15 is 0 Å². The van der Waals surface area contributed by atoms with Crippen molar-refractivity contribution in [3.63, 3.8) is 0 Å². The molecule has 0 aliphatic carbocycles. The van der Waals surface area contributed by atoms with E-state index in [2.05, 4.69) is 18.5 Å². The number of nitrogens with one attached hydrogen (secondary N) is 1. The predicted molar refractivity (Wildman–Crippen MR) is 78.4 cm³/mol. The van der Waals surface area contributed by atoms with Gasteiger partial charge in [-0.25, -0.2) is 0 Å². The first kappa shape index (κ1) is 15.3. The van der Waals surface area contributed by atoms with Crippen molar-refractivity contribution in [3.8, 4) is 5.75 Å². The Morgan fingerprint density at radius 2 is 2.06 bits per heavy atom. The molecule has 1 aromatic rings. The second kappa shape index (κ2) is 9.25. The Morgan fingerprint density at radius 1 is 1.33 bits per heavy atom. The molecule has 2 N–H and O–H groups in total. The van der Waals surface area contributed by atoms with Gasteiger partial charge in [0, 0.05) is 18.3 Å². The van der Waals surface area contributed by atoms with E-state index in [4.69, 9.17) is 4.74 Å². The van der Waals surface area contributed by atoms with E-state index in [-0.39, 0.29) is 0 Å². The molecule has 18 heavy (non-hydrogen) atoms. The van der Waals surface area contributed by atoms with Crippen molar-refractivity contribution in [3.05, 3.63) is 30.3 Å². The molecule has 1 aromatic carbocycles. The van der Waals surface area contributed by atoms with Crippen molar-refractivity contribution in [1.82, 2.24) is 5.32 Å². The average molecular weight is 269 g/mol. The standard InChI is InChI=1S/C14H23NO2S/c1-3-12(11-18-2)15-9-13(16)10-17-14-7-5-4-6-8-14/h4-8,12-13,15-16H,3,9-11H2,1-2H3. The van der Waals surface area contributed by atoms with E-state index < -0.39 is 6.10 Å². The summed E-state index contributed by atoms with van der Waals surface area (Å²) in [4.78, 5) is 0. The van der Waals surface area contributed by atoms with Gasteiger partial charge in [0.2, 0.25) is 0 Å². The van der Waals surface area contributed by atoms with Gasteiger partial charge in [0.1, 0.15) is 18.5 Å². The Hall–Kier alpha value is -0.710. The number of thioether (sulfide) groups is 1. The molecule has 0 spiro atoms. The van der Waals surface area contributed by atoms with Crippen LogP contribution in [0.2, 0.25) is 0 Å². The Balaban J connectivity index is 2.19. The average Bonchev–Trinajstić information content (AvgIpc) is 2.42. The smallest absolute Gasteiger partial charge is 0.119 e. The van der Waals surface area contributed by atoms with Gasteiger partial charge >= 0.3 is 0 Å². The lowest BCUT2D eigenvalue weighted by atomic mass is 10.2. The summed E-state index contributed by atoms with van der Waals surface area (Å²) in [6, 6.07) is 10.0. The minimum absolute atomic E-state index is 0.326. The molecule has 0 aliphatic rings. The molecule has 0 aromatic heterocycles. The van der Waals surface area contributed by atoms with E-state index in [0.717, 1.165) is 17.9 Å². The predicted octanol–water partition coefficient (Wildman–Crippen LogP) is 2.16. The molecule has 4 heteroatoms. The number of benzene rings is 1. The van der Waals surface area contributed by atoms with Crippen LogP contribution < -0.4 is 10.1 Å². The molecule has 102 valence electrons. The molecular formula is C14H23NO2S. The van der Waals surface area contributed by atoms with Gasteiger partial charge in [0.05, 0.1) is 0 Å². The molecule has 0 heterocycles. The first-order valence-corrected chi connectivity index (χ1v) is 7.73. The van der Waals surface area contributed by atoms with Gasteiger partial charge in [-0.1, -0.05) is 25.1 Å². The third-order valence-corrected chi connectivity index (χ3v) is 3.42. The topological polar surface area (TPSA) is 41.5 Å². The van der Waals surface area contributed by atoms with Crippen LogP contribution in [0.1, 0.15) is 13.3 Å². The summed E-state index contributed by atoms with van der Waals surface area (Å²) in [6.45, 7) is 3.05. The molecule has 2 atom stereocenters. The monoisotopic (exact) mass is 269 g/mol. The third-order valence-electron chi connectivity index (χ3n) is 2.69. The highest BCUT2D eigenvalue weighted by molar-refractivity contribution is 7.98. The van der Waals surface area contributed by atoms with Crippen LogP contribution in [0.15, 0.2) is 30.3 Å². The lowest BCUT2D eigenvalue weighted by Crippen LogP contribution is -2.39. The van der Waals surface area contributed by atoms with Crippen molar-refractivity contribution in [2.45, 2.75) is 25.5 Å². The molecule has 0 fully saturated rings. The second-order valence-electron chi connectivity index (χ2n) is 4.25. The first-order chi connectivity index (χ1) is 8.76. The van der Waals surface area contributed by atoms with Gasteiger partial charge in [0.25, 0.3) is 0 Å². The number of ether oxygens (including phenoxy) is 1. The van der Waals surface area contributed by atoms with Crippen LogP contribution >= 0.6 is 11.8 Å². The molecular weight excluding hydrogens is 246 g/mol. The number of hydrogen-bond acceptors (Lipinski definition) is 4. The maximum atomic E-state index is 9.83. The first-order valence-electron chi connectivity index (χ1n) is 6.34. The normalized spacial score (nSPS) is 14.2. The van der Waals surface area contributed by atoms with Crippen LogP contribution in [0.4, 0.5) is 0 Å². The molecule has 0 radical (unpaired) electrons. The molecule has 2 unspecified atom stereocenters. The van der Waals surface area contributed by atoms with Gasteiger partial charge in [-0.3, -0.25) is 0 Å². The molecule has 0 aliphatic heterocycles. The summed E-state index contributed by atoms with van der Waals surface area (Å²) < 4.78 is 5.50. The van der Waals surface area contributed by atoms with E-state index in [9.17, 15) is 5.11 Å². The van der Waals surface area contributed by atoms with Crippen molar-refractivity contribution in [2.75, 3.05) is 25.2 Å². The number of aliphatic hydroxyl groups is 1. The van der Waals surface area contributed by atoms with E-state index in [1.54, 1.807) is 0 Å². The Morgan fingerprint density at radius 3 is 2.67 bits per heavy atom. The third kappa shape index (κ3) is 6.28. The number of aliphatic hydroxyl groups excluding tert-OH is 1. The van der Waals surface area contributed by atoms with Gasteiger partial charge in [-0.05, 0) is 24.8 Å². The van der Waals surface area contributed by atoms with Crippen molar-refractivity contribution in [1.29, 1.82) is 0 Å². The Labute approximate surface area is 114 Å². The molecule has 3 nitrogen and oxygen atoms in total. The zero-order chi connectivity index (χ0) is 13.2. The van der Waals surface area contributed by atoms with Crippen molar-refractivity contribution < 1.29 is 9.84 Å². The minimum Gasteiger partial charge on any atom is -0.491 e. The fraction of sp³-hybridized carbons (Fsp3) is 0.571. The Bertz CT molecular complexity index is 308. The molecule has 0 saturated carbocycles. The second-order valence-corrected chi connectivity index (χ2v) is 5.16. The maximum Gasteiger partial charge on any atom is 0.119 e. The van der Waals surface area contributed by atoms with E-state index in [1.165, 1.54) is 0 Å². The fourth-order valence-corrected chi connectivity index (χ4v) is 2.35. The van der Waals surface area contributed by atoms with Gasteiger partial charge in [-0.2, -0.15) is 11.8 Å². The fourth-order valence-electron chi connectivity index (χ4n) is 1.59. The van der Waals surface area contributed by atoms with Gasteiger partial charge in [-0.15, -0.1) is 0 Å². The highest BCUT2D eigenvalue weighted by Crippen LogP contribution is 2.08. The SMILES string of the molecule is CCC(CSC)NCC(O)COc1ccccc1. The van der Waals surface area contributed by atoms with Crippen LogP contribution in [0.3, 0.4) is 0 Å². The minimum atomic E-state index is -0.471. The zero-order valence-electron chi connectivity index (χ0n) is 11.1. The largest absolute Gasteiger partial charge is 0.491 e. The van der Waals surface area contributed by atoms with Crippen LogP contribution in [0, 0.1) is 0 Å². The van der Waals surface area contributed by atoms with Crippen LogP contribution in [-0.2, 0) is 0 Å². The maximum absolute atomic E-state index is 9.83. The summed E-state index contributed by atoms with van der Waals surface area (Å²) in [6.07, 6.45) is 2.70. The van der Waals surface area contributed by atoms with Crippen LogP contribution in [0.5, 0.6) is 5.75 Å². The van der Waals surface area contributed by atoms with Crippen molar-refractivity contribution in [2.24, 2.45) is 0 Å². The molecule has 0 amide bonds. The van der Waals surface area contributed by atoms with Crippen LogP contribution in [0.25, 0.3) is 0 Å². The Kier molecular flexibility index (Phi) is 7.89. The molecule has 1 rings (SSSR count). The lowest BCUT2D eigenvalue weighted by Gasteiger charge is -2.19. The number of hydrogen-bond donors (Lipinski definition) is 2. The summed E-state index contributed by atoms with van der Waals surface area (Å²) >= 11 is 1.82. The van der Waals surface area contributed by atoms with E-state index in [1.807, 2.05) is 42.1 Å². The van der Waals surface area contributed by atoms with Gasteiger partial charge in [0.15, 0.2) is 0 Å². The molecule has 0 bridgehead atoms. The highest BCUT2D eigenvalue weighted by atomic mass is 32.2. The quantitative estimate of drug-likeness (QED) is 0.721. The summed E-state index contributed by atoms with van der Waals surface area (Å²) in [5.41, 5.74) is 0. The summed E-state index contributed by atoms with van der Waals surface area (Å²) in [7, 11) is 0. The lowest BCUT2D eigenvalue weighted by molar-refractivity contribution is 0.104. The summed E-state index contributed by atoms with van der Waals surface area (Å²) in [5.74, 6) is 1.87. The van der Waals surface area contributed by atoms with E-state index in [0.29, 0.717) is 19.2 Å².